The summed E-state index contributed by atoms with van der Waals surface area (Å²) in [5, 5.41) is 12.3. The van der Waals surface area contributed by atoms with Crippen molar-refractivity contribution in [1.82, 2.24) is 24.2 Å². The second-order valence-electron chi connectivity index (χ2n) is 17.2. The molecule has 6 rings (SSSR count). The molecule has 18 heteroatoms. The SMILES string of the molecule is COc1ccc(C(OC[C@H]2O[C@@H](n3cnc4c(NC(C)=O)ncnc43)[C@H](OCOC(=O)C(C)(C)C)[C@@H]2OP(OCCC#N)N(C(C)C)C(C)C)(c2ccccc2)c2ccc(OC)cc2)cc1. The Kier molecular flexibility index (Phi) is 16.8. The van der Waals surface area contributed by atoms with Gasteiger partial charge in [0.05, 0.1) is 51.7 Å². The van der Waals surface area contributed by atoms with E-state index in [0.717, 1.165) is 16.7 Å². The van der Waals surface area contributed by atoms with Crippen LogP contribution >= 0.6 is 8.53 Å². The molecule has 17 nitrogen and oxygen atoms in total. The molecule has 1 aliphatic heterocycles. The molecule has 352 valence electrons. The highest BCUT2D eigenvalue weighted by atomic mass is 31.2. The molecule has 1 fully saturated rings. The maximum Gasteiger partial charge on any atom is 0.313 e. The fourth-order valence-electron chi connectivity index (χ4n) is 7.73. The lowest BCUT2D eigenvalue weighted by Gasteiger charge is -2.39. The van der Waals surface area contributed by atoms with E-state index in [0.29, 0.717) is 22.7 Å². The summed E-state index contributed by atoms with van der Waals surface area (Å²) in [5.74, 6) is 0.727. The number of rotatable bonds is 21. The Morgan fingerprint density at radius 1 is 0.879 bits per heavy atom. The standard InChI is InChI=1S/C48H60N7O10P/c1-31(2)55(32(3)4)66(63-26-14-25-49)65-41-39(27-62-48(34-15-12-11-13-16-34,35-17-21-37(58-9)22-18-35)36-19-23-38(59-10)24-20-36)64-45(42(41)60-30-61-46(57)47(6,7)8)54-29-52-40-43(53-33(5)56)50-28-51-44(40)54/h11-13,15-24,28-29,31-32,39,41-42,45H,14,26-27,30H2,1-10H3,(H,50,51,53,56)/t39-,41-,42-,45-,66?/m1/s1. The van der Waals surface area contributed by atoms with Crippen molar-refractivity contribution in [3.8, 4) is 17.6 Å². The van der Waals surface area contributed by atoms with Crippen molar-refractivity contribution in [2.24, 2.45) is 5.41 Å². The van der Waals surface area contributed by atoms with Crippen LogP contribution in [-0.2, 0) is 43.2 Å². The number of methoxy groups -OCH3 is 2. The zero-order valence-corrected chi connectivity index (χ0v) is 40.1. The van der Waals surface area contributed by atoms with Gasteiger partial charge in [0, 0.05) is 19.0 Å². The molecule has 0 bridgehead atoms. The third-order valence-corrected chi connectivity index (χ3v) is 12.9. The van der Waals surface area contributed by atoms with E-state index in [9.17, 15) is 14.9 Å². The number of carbonyl (C=O) groups excluding carboxylic acids is 2. The Morgan fingerprint density at radius 2 is 1.48 bits per heavy atom. The van der Waals surface area contributed by atoms with Gasteiger partial charge in [-0.1, -0.05) is 54.6 Å². The van der Waals surface area contributed by atoms with Crippen LogP contribution in [0.3, 0.4) is 0 Å². The van der Waals surface area contributed by atoms with Crippen LogP contribution in [0.2, 0.25) is 0 Å². The number of amides is 1. The van der Waals surface area contributed by atoms with Gasteiger partial charge in [0.15, 0.2) is 30.0 Å². The smallest absolute Gasteiger partial charge is 0.313 e. The topological polar surface area (TPSA) is 191 Å². The van der Waals surface area contributed by atoms with E-state index in [1.165, 1.54) is 19.6 Å². The van der Waals surface area contributed by atoms with Crippen LogP contribution < -0.4 is 14.8 Å². The van der Waals surface area contributed by atoms with Crippen molar-refractivity contribution in [2.45, 2.75) is 104 Å². The first kappa shape index (κ1) is 49.9. The van der Waals surface area contributed by atoms with Gasteiger partial charge in [-0.3, -0.25) is 14.2 Å². The number of aromatic nitrogens is 4. The van der Waals surface area contributed by atoms with Crippen LogP contribution in [0.1, 0.15) is 84.7 Å². The number of hydrogen-bond acceptors (Lipinski definition) is 15. The van der Waals surface area contributed by atoms with Crippen LogP contribution in [0, 0.1) is 16.7 Å². The highest BCUT2D eigenvalue weighted by Gasteiger charge is 2.52. The van der Waals surface area contributed by atoms with Gasteiger partial charge >= 0.3 is 5.97 Å². The molecule has 1 amide bonds. The third-order valence-electron chi connectivity index (χ3n) is 10.8. The summed E-state index contributed by atoms with van der Waals surface area (Å²) >= 11 is 0. The summed E-state index contributed by atoms with van der Waals surface area (Å²) in [6.45, 7) is 14.4. The molecular formula is C48H60N7O10P. The van der Waals surface area contributed by atoms with E-state index in [-0.39, 0.29) is 43.4 Å². The van der Waals surface area contributed by atoms with Gasteiger partial charge in [-0.15, -0.1) is 0 Å². The molecule has 0 radical (unpaired) electrons. The highest BCUT2D eigenvalue weighted by molar-refractivity contribution is 7.44. The summed E-state index contributed by atoms with van der Waals surface area (Å²) in [6, 6.07) is 27.3. The second kappa shape index (κ2) is 22.3. The highest BCUT2D eigenvalue weighted by Crippen LogP contribution is 2.51. The van der Waals surface area contributed by atoms with E-state index < -0.39 is 56.8 Å². The Bertz CT molecular complexity index is 2350. The Balaban J connectivity index is 1.53. The summed E-state index contributed by atoms with van der Waals surface area (Å²) < 4.78 is 55.4. The Hall–Kier alpha value is -5.57. The lowest BCUT2D eigenvalue weighted by atomic mass is 9.80. The molecular weight excluding hydrogens is 866 g/mol. The lowest BCUT2D eigenvalue weighted by molar-refractivity contribution is -0.178. The van der Waals surface area contributed by atoms with Gasteiger partial charge in [-0.25, -0.2) is 19.6 Å². The second-order valence-corrected chi connectivity index (χ2v) is 18.6. The molecule has 66 heavy (non-hydrogen) atoms. The van der Waals surface area contributed by atoms with Crippen molar-refractivity contribution in [1.29, 1.82) is 5.26 Å². The quantitative estimate of drug-likeness (QED) is 0.0243. The molecule has 5 aromatic rings. The minimum atomic E-state index is -1.90. The van der Waals surface area contributed by atoms with Gasteiger partial charge in [0.1, 0.15) is 41.7 Å². The first-order valence-electron chi connectivity index (χ1n) is 21.8. The number of esters is 1. The van der Waals surface area contributed by atoms with E-state index >= 15 is 0 Å². The number of nitrogens with zero attached hydrogens (tertiary/aromatic N) is 6. The summed E-state index contributed by atoms with van der Waals surface area (Å²) in [7, 11) is 1.33. The van der Waals surface area contributed by atoms with Crippen LogP contribution in [-0.4, -0.2) is 101 Å². The summed E-state index contributed by atoms with van der Waals surface area (Å²) in [4.78, 5) is 38.8. The van der Waals surface area contributed by atoms with E-state index in [1.54, 1.807) is 39.6 Å². The number of imidazole rings is 1. The predicted octanol–water partition coefficient (Wildman–Crippen LogP) is 8.30. The minimum Gasteiger partial charge on any atom is -0.497 e. The first-order valence-corrected chi connectivity index (χ1v) is 22.9. The third kappa shape index (κ3) is 11.3. The van der Waals surface area contributed by atoms with Crippen molar-refractivity contribution in [2.75, 3.05) is 39.5 Å². The molecule has 1 N–H and O–H groups in total. The molecule has 0 spiro atoms. The number of ether oxygens (including phenoxy) is 6. The number of anilines is 1. The van der Waals surface area contributed by atoms with Gasteiger partial charge in [0.2, 0.25) is 5.91 Å². The van der Waals surface area contributed by atoms with E-state index in [4.69, 9.17) is 37.5 Å². The van der Waals surface area contributed by atoms with E-state index in [1.807, 2.05) is 107 Å². The Labute approximate surface area is 387 Å². The number of nitrogens with one attached hydrogen (secondary N) is 1. The van der Waals surface area contributed by atoms with Crippen LogP contribution in [0.25, 0.3) is 11.2 Å². The number of hydrogen-bond donors (Lipinski definition) is 1. The van der Waals surface area contributed by atoms with Crippen molar-refractivity contribution in [3.63, 3.8) is 0 Å². The number of benzene rings is 3. The molecule has 3 heterocycles. The van der Waals surface area contributed by atoms with E-state index in [2.05, 4.69) is 31.0 Å². The average Bonchev–Trinajstić information content (AvgIpc) is 3.88. The van der Waals surface area contributed by atoms with Crippen LogP contribution in [0.5, 0.6) is 11.5 Å². The van der Waals surface area contributed by atoms with Crippen LogP contribution in [0.15, 0.2) is 91.5 Å². The molecule has 1 unspecified atom stereocenters. The normalized spacial score (nSPS) is 18.1. The molecule has 1 aliphatic rings. The monoisotopic (exact) mass is 925 g/mol. The largest absolute Gasteiger partial charge is 0.497 e. The minimum absolute atomic E-state index is 0.0458. The molecule has 3 aromatic carbocycles. The maximum atomic E-state index is 13.1. The van der Waals surface area contributed by atoms with Gasteiger partial charge in [0.25, 0.3) is 8.53 Å². The fraction of sp³-hybridized carbons (Fsp3) is 0.458. The van der Waals surface area contributed by atoms with Crippen molar-refractivity contribution < 1.29 is 47.1 Å². The molecule has 0 aliphatic carbocycles. The fourth-order valence-corrected chi connectivity index (χ4v) is 9.50. The molecule has 0 saturated carbocycles. The lowest BCUT2D eigenvalue weighted by Crippen LogP contribution is -2.43. The first-order chi connectivity index (χ1) is 31.6. The number of nitriles is 1. The number of carbonyl (C=O) groups is 2. The predicted molar refractivity (Wildman–Crippen MR) is 247 cm³/mol. The molecule has 1 saturated heterocycles. The zero-order valence-electron chi connectivity index (χ0n) is 39.2. The Morgan fingerprint density at radius 3 is 2.03 bits per heavy atom. The number of fused-ring (bicyclic) bond motifs is 1. The van der Waals surface area contributed by atoms with Crippen molar-refractivity contribution >= 4 is 37.4 Å². The summed E-state index contributed by atoms with van der Waals surface area (Å²) in [6.07, 6.45) is -0.981. The van der Waals surface area contributed by atoms with Gasteiger partial charge in [-0.05, 0) is 89.4 Å². The molecule has 2 aromatic heterocycles. The van der Waals surface area contributed by atoms with Gasteiger partial charge < -0.3 is 42.8 Å². The zero-order chi connectivity index (χ0) is 47.6. The molecule has 5 atom stereocenters. The summed E-state index contributed by atoms with van der Waals surface area (Å²) in [5.41, 5.74) is 0.982. The van der Waals surface area contributed by atoms with Crippen LogP contribution in [0.4, 0.5) is 5.82 Å². The van der Waals surface area contributed by atoms with Gasteiger partial charge in [-0.2, -0.15) is 5.26 Å². The maximum absolute atomic E-state index is 13.1. The van der Waals surface area contributed by atoms with Crippen molar-refractivity contribution in [3.05, 3.63) is 108 Å². The average molecular weight is 926 g/mol.